The molecule has 4 heteroatoms. The molecule has 2 fully saturated rings. The predicted octanol–water partition coefficient (Wildman–Crippen LogP) is 3.24. The SMILES string of the molecule is Cc1ccccc1OCC1CO1.c1ccc(OCC2CO2)cc1. The summed E-state index contributed by atoms with van der Waals surface area (Å²) in [5, 5.41) is 0. The van der Waals surface area contributed by atoms with E-state index in [1.165, 1.54) is 5.56 Å². The van der Waals surface area contributed by atoms with Crippen LogP contribution in [-0.2, 0) is 9.47 Å². The van der Waals surface area contributed by atoms with Gasteiger partial charge in [0.15, 0.2) is 0 Å². The van der Waals surface area contributed by atoms with Gasteiger partial charge in [0, 0.05) is 0 Å². The van der Waals surface area contributed by atoms with Crippen LogP contribution >= 0.6 is 0 Å². The third kappa shape index (κ3) is 5.93. The van der Waals surface area contributed by atoms with E-state index in [9.17, 15) is 0 Å². The summed E-state index contributed by atoms with van der Waals surface area (Å²) >= 11 is 0. The van der Waals surface area contributed by atoms with Crippen LogP contribution in [-0.4, -0.2) is 38.6 Å². The maximum Gasteiger partial charge on any atom is 0.122 e. The Morgan fingerprint density at radius 2 is 1.39 bits per heavy atom. The number of benzene rings is 2. The zero-order valence-corrected chi connectivity index (χ0v) is 13.3. The fourth-order valence-electron chi connectivity index (χ4n) is 1.94. The minimum absolute atomic E-state index is 0.338. The predicted molar refractivity (Wildman–Crippen MR) is 88.1 cm³/mol. The molecule has 0 aromatic heterocycles. The number of hydrogen-bond acceptors (Lipinski definition) is 4. The van der Waals surface area contributed by atoms with Crippen LogP contribution in [0.1, 0.15) is 5.56 Å². The maximum atomic E-state index is 5.54. The monoisotopic (exact) mass is 314 g/mol. The maximum absolute atomic E-state index is 5.54. The standard InChI is InChI=1S/C10H12O2.C9H10O2/c1-8-4-2-3-5-10(8)12-7-9-6-11-9;1-2-4-8(5-3-1)10-6-9-7-11-9/h2-5,9H,6-7H2,1H3;1-5,9H,6-7H2. The average Bonchev–Trinajstić information content (AvgIpc) is 3.49. The summed E-state index contributed by atoms with van der Waals surface area (Å²) < 4.78 is 21.0. The zero-order chi connectivity index (χ0) is 15.9. The van der Waals surface area contributed by atoms with Crippen LogP contribution in [0.3, 0.4) is 0 Å². The van der Waals surface area contributed by atoms with E-state index in [4.69, 9.17) is 18.9 Å². The van der Waals surface area contributed by atoms with Gasteiger partial charge in [0.25, 0.3) is 0 Å². The van der Waals surface area contributed by atoms with Crippen molar-refractivity contribution >= 4 is 0 Å². The minimum atomic E-state index is 0.338. The second-order valence-corrected chi connectivity index (χ2v) is 5.61. The van der Waals surface area contributed by atoms with Crippen LogP contribution in [0, 0.1) is 6.92 Å². The Morgan fingerprint density at radius 3 is 2.00 bits per heavy atom. The molecule has 0 bridgehead atoms. The second kappa shape index (κ2) is 7.99. The Labute approximate surface area is 136 Å². The molecule has 0 N–H and O–H groups in total. The molecule has 2 aromatic carbocycles. The van der Waals surface area contributed by atoms with Gasteiger partial charge in [-0.2, -0.15) is 0 Å². The Balaban J connectivity index is 0.000000136. The third-order valence-corrected chi connectivity index (χ3v) is 3.50. The average molecular weight is 314 g/mol. The highest BCUT2D eigenvalue weighted by Gasteiger charge is 2.23. The summed E-state index contributed by atoms with van der Waals surface area (Å²) in [6.45, 7) is 5.12. The Morgan fingerprint density at radius 1 is 0.826 bits per heavy atom. The van der Waals surface area contributed by atoms with E-state index in [1.54, 1.807) is 0 Å². The first kappa shape index (κ1) is 15.8. The second-order valence-electron chi connectivity index (χ2n) is 5.61. The van der Waals surface area contributed by atoms with Crippen molar-refractivity contribution in [1.29, 1.82) is 0 Å². The summed E-state index contributed by atoms with van der Waals surface area (Å²) in [6, 6.07) is 17.8. The normalized spacial score (nSPS) is 20.9. The van der Waals surface area contributed by atoms with Gasteiger partial charge in [0.05, 0.1) is 13.2 Å². The van der Waals surface area contributed by atoms with Gasteiger partial charge in [-0.3, -0.25) is 0 Å². The molecule has 4 rings (SSSR count). The molecule has 4 nitrogen and oxygen atoms in total. The molecule has 122 valence electrons. The molecular formula is C19H22O4. The molecule has 0 aliphatic carbocycles. The fraction of sp³-hybridized carbons (Fsp3) is 0.368. The molecule has 23 heavy (non-hydrogen) atoms. The van der Waals surface area contributed by atoms with Gasteiger partial charge in [-0.15, -0.1) is 0 Å². The minimum Gasteiger partial charge on any atom is -0.491 e. The lowest BCUT2D eigenvalue weighted by Crippen LogP contribution is -2.04. The molecule has 2 unspecified atom stereocenters. The van der Waals surface area contributed by atoms with Gasteiger partial charge < -0.3 is 18.9 Å². The van der Waals surface area contributed by atoms with Crippen molar-refractivity contribution in [1.82, 2.24) is 0 Å². The summed E-state index contributed by atoms with van der Waals surface area (Å²) in [5.74, 6) is 1.89. The highest BCUT2D eigenvalue weighted by Crippen LogP contribution is 2.18. The molecule has 0 amide bonds. The summed E-state index contributed by atoms with van der Waals surface area (Å²) in [5.41, 5.74) is 1.18. The molecule has 2 atom stereocenters. The van der Waals surface area contributed by atoms with E-state index in [-0.39, 0.29) is 0 Å². The molecular weight excluding hydrogens is 292 g/mol. The van der Waals surface area contributed by atoms with Crippen LogP contribution in [0.15, 0.2) is 54.6 Å². The molecule has 0 saturated carbocycles. The van der Waals surface area contributed by atoms with Crippen LogP contribution in [0.5, 0.6) is 11.5 Å². The van der Waals surface area contributed by atoms with Crippen LogP contribution in [0.25, 0.3) is 0 Å². The highest BCUT2D eigenvalue weighted by molar-refractivity contribution is 5.31. The molecule has 2 aliphatic heterocycles. The third-order valence-electron chi connectivity index (χ3n) is 3.50. The number of para-hydroxylation sites is 2. The van der Waals surface area contributed by atoms with Crippen molar-refractivity contribution in [3.05, 3.63) is 60.2 Å². The lowest BCUT2D eigenvalue weighted by molar-refractivity contribution is 0.262. The first-order valence-corrected chi connectivity index (χ1v) is 7.91. The first-order valence-electron chi connectivity index (χ1n) is 7.91. The molecule has 2 heterocycles. The largest absolute Gasteiger partial charge is 0.491 e. The van der Waals surface area contributed by atoms with Crippen molar-refractivity contribution in [3.63, 3.8) is 0 Å². The Bertz CT molecular complexity index is 591. The topological polar surface area (TPSA) is 43.5 Å². The molecule has 2 aliphatic rings. The van der Waals surface area contributed by atoms with Crippen molar-refractivity contribution in [2.24, 2.45) is 0 Å². The fourth-order valence-corrected chi connectivity index (χ4v) is 1.94. The van der Waals surface area contributed by atoms with E-state index in [2.05, 4.69) is 0 Å². The quantitative estimate of drug-likeness (QED) is 0.768. The van der Waals surface area contributed by atoms with E-state index in [1.807, 2.05) is 61.5 Å². The summed E-state index contributed by atoms with van der Waals surface area (Å²) in [7, 11) is 0. The highest BCUT2D eigenvalue weighted by atomic mass is 16.6. The van der Waals surface area contributed by atoms with E-state index >= 15 is 0 Å². The van der Waals surface area contributed by atoms with Crippen molar-refractivity contribution in [2.45, 2.75) is 19.1 Å². The summed E-state index contributed by atoms with van der Waals surface area (Å²) in [4.78, 5) is 0. The van der Waals surface area contributed by atoms with E-state index in [0.29, 0.717) is 25.4 Å². The van der Waals surface area contributed by atoms with Crippen LogP contribution < -0.4 is 9.47 Å². The van der Waals surface area contributed by atoms with Crippen molar-refractivity contribution in [2.75, 3.05) is 26.4 Å². The lowest BCUT2D eigenvalue weighted by Gasteiger charge is -2.06. The number of aryl methyl sites for hydroxylation is 1. The number of rotatable bonds is 6. The van der Waals surface area contributed by atoms with Gasteiger partial charge in [-0.05, 0) is 30.7 Å². The van der Waals surface area contributed by atoms with Crippen molar-refractivity contribution < 1.29 is 18.9 Å². The number of ether oxygens (including phenoxy) is 4. The molecule has 2 saturated heterocycles. The van der Waals surface area contributed by atoms with Gasteiger partial charge in [0.1, 0.15) is 36.9 Å². The lowest BCUT2D eigenvalue weighted by atomic mass is 10.2. The van der Waals surface area contributed by atoms with Gasteiger partial charge >= 0.3 is 0 Å². The van der Waals surface area contributed by atoms with Crippen LogP contribution in [0.2, 0.25) is 0 Å². The van der Waals surface area contributed by atoms with Gasteiger partial charge in [-0.1, -0.05) is 36.4 Å². The van der Waals surface area contributed by atoms with Crippen LogP contribution in [0.4, 0.5) is 0 Å². The zero-order valence-electron chi connectivity index (χ0n) is 13.3. The van der Waals surface area contributed by atoms with Crippen molar-refractivity contribution in [3.8, 4) is 11.5 Å². The van der Waals surface area contributed by atoms with E-state index < -0.39 is 0 Å². The Kier molecular flexibility index (Phi) is 5.51. The summed E-state index contributed by atoms with van der Waals surface area (Å²) in [6.07, 6.45) is 0.680. The number of epoxide rings is 2. The smallest absolute Gasteiger partial charge is 0.122 e. The number of hydrogen-bond donors (Lipinski definition) is 0. The van der Waals surface area contributed by atoms with E-state index in [0.717, 1.165) is 24.7 Å². The molecule has 0 spiro atoms. The van der Waals surface area contributed by atoms with Gasteiger partial charge in [0.2, 0.25) is 0 Å². The van der Waals surface area contributed by atoms with Gasteiger partial charge in [-0.25, -0.2) is 0 Å². The Hall–Kier alpha value is -2.04. The molecule has 0 radical (unpaired) electrons. The first-order chi connectivity index (χ1) is 11.3. The molecule has 2 aromatic rings.